The lowest BCUT2D eigenvalue weighted by Crippen LogP contribution is -2.33. The van der Waals surface area contributed by atoms with Crippen molar-refractivity contribution in [2.75, 3.05) is 16.3 Å². The van der Waals surface area contributed by atoms with Crippen molar-refractivity contribution in [1.82, 2.24) is 0 Å². The molecule has 0 spiro atoms. The molecule has 0 amide bonds. The SMILES string of the molecule is C=C/C=C(\C=C/N(c1ccc(-c2ccccc2-c2ccccc2)cc1)c1cccc(C(/C=C\C)=C/CN2c3ccc(C)cc3C3C=C(C)C=CC32)c1)c1ccccc1. The number of benzene rings is 6. The third kappa shape index (κ3) is 8.14. The first-order valence-electron chi connectivity index (χ1n) is 20.3. The monoisotopic (exact) mass is 750 g/mol. The maximum atomic E-state index is 4.03. The Hall–Kier alpha value is -6.90. The van der Waals surface area contributed by atoms with E-state index in [1.807, 2.05) is 6.08 Å². The molecular formula is C56H50N2. The summed E-state index contributed by atoms with van der Waals surface area (Å²) in [5.74, 6) is 0.372. The quantitative estimate of drug-likeness (QED) is 0.115. The van der Waals surface area contributed by atoms with Gasteiger partial charge in [-0.3, -0.25) is 0 Å². The lowest BCUT2D eigenvalue weighted by Gasteiger charge is -2.28. The summed E-state index contributed by atoms with van der Waals surface area (Å²) >= 11 is 0. The van der Waals surface area contributed by atoms with Crippen molar-refractivity contribution in [1.29, 1.82) is 0 Å². The standard InChI is InChI=1S/C56H50N2/c1-5-16-43(45-18-9-7-10-19-45)34-36-57(49-30-28-47(29-31-49)52-25-14-13-24-51(52)46-20-11-8-12-21-46)50-23-15-22-48(40-50)44(17-6-2)35-37-58-55-32-26-41(3)38-53(55)54-39-42(4)27-33-56(54)58/h5-36,38-40,53,55H,1,37H2,2-4H3/b17-6-,36-34-,43-16+,44-35+. The van der Waals surface area contributed by atoms with Crippen molar-refractivity contribution in [2.45, 2.75) is 32.7 Å². The Morgan fingerprint density at radius 3 is 2.09 bits per heavy atom. The average Bonchev–Trinajstić information content (AvgIpc) is 3.57. The Labute approximate surface area is 345 Å². The van der Waals surface area contributed by atoms with E-state index in [4.69, 9.17) is 0 Å². The third-order valence-electron chi connectivity index (χ3n) is 11.2. The van der Waals surface area contributed by atoms with Gasteiger partial charge >= 0.3 is 0 Å². The van der Waals surface area contributed by atoms with E-state index in [1.54, 1.807) is 0 Å². The van der Waals surface area contributed by atoms with E-state index in [2.05, 4.69) is 244 Å². The number of hydrogen-bond acceptors (Lipinski definition) is 2. The largest absolute Gasteiger partial charge is 0.360 e. The van der Waals surface area contributed by atoms with Crippen molar-refractivity contribution in [3.63, 3.8) is 0 Å². The molecule has 1 heterocycles. The highest BCUT2D eigenvalue weighted by Crippen LogP contribution is 2.45. The Morgan fingerprint density at radius 2 is 1.36 bits per heavy atom. The second kappa shape index (κ2) is 17.5. The van der Waals surface area contributed by atoms with Crippen LogP contribution in [0.4, 0.5) is 17.1 Å². The van der Waals surface area contributed by atoms with Crippen molar-refractivity contribution < 1.29 is 0 Å². The van der Waals surface area contributed by atoms with E-state index in [0.29, 0.717) is 12.0 Å². The predicted molar refractivity (Wildman–Crippen MR) is 250 cm³/mol. The number of fused-ring (bicyclic) bond motifs is 3. The summed E-state index contributed by atoms with van der Waals surface area (Å²) in [7, 11) is 0. The van der Waals surface area contributed by atoms with Crippen LogP contribution in [0.1, 0.15) is 42.0 Å². The number of anilines is 3. The second-order valence-electron chi connectivity index (χ2n) is 15.1. The van der Waals surface area contributed by atoms with Gasteiger partial charge in [-0.2, -0.15) is 0 Å². The van der Waals surface area contributed by atoms with Crippen LogP contribution >= 0.6 is 0 Å². The molecule has 1 aliphatic heterocycles. The lowest BCUT2D eigenvalue weighted by atomic mass is 9.88. The Morgan fingerprint density at radius 1 is 0.672 bits per heavy atom. The summed E-state index contributed by atoms with van der Waals surface area (Å²) < 4.78 is 0. The molecule has 284 valence electrons. The molecule has 2 heteroatoms. The van der Waals surface area contributed by atoms with Crippen molar-refractivity contribution in [3.8, 4) is 22.3 Å². The van der Waals surface area contributed by atoms with E-state index in [1.165, 1.54) is 55.8 Å². The fourth-order valence-electron chi connectivity index (χ4n) is 8.34. The fraction of sp³-hybridized carbons (Fsp3) is 0.107. The van der Waals surface area contributed by atoms with Gasteiger partial charge in [-0.25, -0.2) is 0 Å². The second-order valence-corrected chi connectivity index (χ2v) is 15.1. The van der Waals surface area contributed by atoms with E-state index < -0.39 is 0 Å². The summed E-state index contributed by atoms with van der Waals surface area (Å²) in [6, 6.07) is 54.8. The summed E-state index contributed by atoms with van der Waals surface area (Å²) in [5, 5.41) is 0. The van der Waals surface area contributed by atoms with Crippen molar-refractivity contribution >= 4 is 28.2 Å². The summed E-state index contributed by atoms with van der Waals surface area (Å²) in [6.07, 6.45) is 22.2. The molecule has 1 aliphatic carbocycles. The van der Waals surface area contributed by atoms with Crippen LogP contribution in [0.5, 0.6) is 0 Å². The fourth-order valence-corrected chi connectivity index (χ4v) is 8.34. The number of aryl methyl sites for hydroxylation is 1. The first-order valence-corrected chi connectivity index (χ1v) is 20.3. The first kappa shape index (κ1) is 38.0. The molecule has 0 fully saturated rings. The van der Waals surface area contributed by atoms with Crippen LogP contribution in [-0.2, 0) is 0 Å². The zero-order valence-corrected chi connectivity index (χ0v) is 33.7. The highest BCUT2D eigenvalue weighted by molar-refractivity contribution is 5.85. The third-order valence-corrected chi connectivity index (χ3v) is 11.2. The first-order chi connectivity index (χ1) is 28.5. The molecule has 6 aromatic carbocycles. The van der Waals surface area contributed by atoms with Gasteiger partial charge in [0.1, 0.15) is 0 Å². The van der Waals surface area contributed by atoms with Crippen LogP contribution in [0.2, 0.25) is 0 Å². The normalized spacial score (nSPS) is 16.4. The maximum Gasteiger partial charge on any atom is 0.0584 e. The molecule has 2 unspecified atom stereocenters. The minimum atomic E-state index is 0.306. The molecule has 2 atom stereocenters. The average molecular weight is 751 g/mol. The maximum absolute atomic E-state index is 4.03. The van der Waals surface area contributed by atoms with Crippen LogP contribution in [0.15, 0.2) is 225 Å². The van der Waals surface area contributed by atoms with Crippen LogP contribution in [-0.4, -0.2) is 12.6 Å². The van der Waals surface area contributed by atoms with E-state index in [0.717, 1.165) is 29.1 Å². The van der Waals surface area contributed by atoms with Crippen molar-refractivity contribution in [3.05, 3.63) is 247 Å². The molecule has 6 aromatic rings. The van der Waals surface area contributed by atoms with Gasteiger partial charge in [-0.1, -0.05) is 188 Å². The molecule has 58 heavy (non-hydrogen) atoms. The molecule has 2 aliphatic rings. The topological polar surface area (TPSA) is 6.48 Å². The number of rotatable bonds is 12. The molecule has 2 nitrogen and oxygen atoms in total. The summed E-state index contributed by atoms with van der Waals surface area (Å²) in [6.45, 7) is 11.3. The van der Waals surface area contributed by atoms with Crippen LogP contribution in [0.3, 0.4) is 0 Å². The Bertz CT molecular complexity index is 2580. The summed E-state index contributed by atoms with van der Waals surface area (Å²) in [5.41, 5.74) is 16.9. The van der Waals surface area contributed by atoms with Gasteiger partial charge in [0.15, 0.2) is 0 Å². The lowest BCUT2D eigenvalue weighted by molar-refractivity contribution is 0.697. The van der Waals surface area contributed by atoms with E-state index >= 15 is 0 Å². The smallest absolute Gasteiger partial charge is 0.0584 e. The summed E-state index contributed by atoms with van der Waals surface area (Å²) in [4.78, 5) is 4.85. The number of nitrogens with zero attached hydrogens (tertiary/aromatic N) is 2. The molecule has 0 saturated carbocycles. The molecule has 8 rings (SSSR count). The highest BCUT2D eigenvalue weighted by Gasteiger charge is 2.36. The van der Waals surface area contributed by atoms with Gasteiger partial charge in [0, 0.05) is 35.7 Å². The van der Waals surface area contributed by atoms with Gasteiger partial charge in [0.25, 0.3) is 0 Å². The van der Waals surface area contributed by atoms with Crippen molar-refractivity contribution in [2.24, 2.45) is 0 Å². The van der Waals surface area contributed by atoms with Gasteiger partial charge in [0.2, 0.25) is 0 Å². The van der Waals surface area contributed by atoms with Gasteiger partial charge < -0.3 is 9.80 Å². The van der Waals surface area contributed by atoms with Gasteiger partial charge in [-0.15, -0.1) is 0 Å². The van der Waals surface area contributed by atoms with E-state index in [9.17, 15) is 0 Å². The molecular weight excluding hydrogens is 701 g/mol. The number of hydrogen-bond donors (Lipinski definition) is 0. The minimum Gasteiger partial charge on any atom is -0.360 e. The van der Waals surface area contributed by atoms with Crippen LogP contribution in [0.25, 0.3) is 33.4 Å². The molecule has 0 N–H and O–H groups in total. The molecule has 0 bridgehead atoms. The minimum absolute atomic E-state index is 0.306. The van der Waals surface area contributed by atoms with Crippen LogP contribution in [0, 0.1) is 6.92 Å². The Kier molecular flexibility index (Phi) is 11.5. The predicted octanol–water partition coefficient (Wildman–Crippen LogP) is 14.7. The molecule has 0 aromatic heterocycles. The van der Waals surface area contributed by atoms with E-state index in [-0.39, 0.29) is 0 Å². The van der Waals surface area contributed by atoms with Gasteiger partial charge in [0.05, 0.1) is 6.04 Å². The molecule has 0 saturated heterocycles. The Balaban J connectivity index is 1.16. The van der Waals surface area contributed by atoms with Crippen LogP contribution < -0.4 is 9.80 Å². The highest BCUT2D eigenvalue weighted by atomic mass is 15.2. The number of allylic oxidation sites excluding steroid dienone is 9. The molecule has 0 radical (unpaired) electrons. The zero-order chi connectivity index (χ0) is 39.8. The zero-order valence-electron chi connectivity index (χ0n) is 33.7. The van der Waals surface area contributed by atoms with Gasteiger partial charge in [-0.05, 0) is 107 Å².